The van der Waals surface area contributed by atoms with Gasteiger partial charge in [0.15, 0.2) is 0 Å². The molecule has 3 rings (SSSR count). The zero-order valence-corrected chi connectivity index (χ0v) is 12.3. The predicted octanol–water partition coefficient (Wildman–Crippen LogP) is 0.781. The number of carbonyl (C=O) groups is 1. The molecule has 3 heterocycles. The van der Waals surface area contributed by atoms with Gasteiger partial charge in [0.1, 0.15) is 0 Å². The van der Waals surface area contributed by atoms with Gasteiger partial charge < -0.3 is 14.8 Å². The molecule has 0 aromatic carbocycles. The molecule has 3 atom stereocenters. The first-order valence-electron chi connectivity index (χ1n) is 7.94. The fourth-order valence-corrected chi connectivity index (χ4v) is 3.88. The molecule has 3 saturated heterocycles. The van der Waals surface area contributed by atoms with Gasteiger partial charge in [-0.2, -0.15) is 0 Å². The highest BCUT2D eigenvalue weighted by Crippen LogP contribution is 2.28. The third-order valence-electron chi connectivity index (χ3n) is 5.02. The van der Waals surface area contributed by atoms with Crippen molar-refractivity contribution in [2.75, 3.05) is 33.0 Å². The molecule has 5 nitrogen and oxygen atoms in total. The Hall–Kier alpha value is -0.650. The number of rotatable bonds is 2. The van der Waals surface area contributed by atoms with Crippen molar-refractivity contribution in [3.8, 4) is 0 Å². The van der Waals surface area contributed by atoms with E-state index in [-0.39, 0.29) is 5.91 Å². The lowest BCUT2D eigenvalue weighted by Gasteiger charge is -2.44. The molecule has 0 spiro atoms. The largest absolute Gasteiger partial charge is 0.381 e. The first-order chi connectivity index (χ1) is 9.74. The lowest BCUT2D eigenvalue weighted by atomic mass is 9.83. The van der Waals surface area contributed by atoms with Crippen LogP contribution < -0.4 is 5.32 Å². The van der Waals surface area contributed by atoms with E-state index in [1.165, 1.54) is 0 Å². The van der Waals surface area contributed by atoms with Gasteiger partial charge in [-0.25, -0.2) is 0 Å². The number of carbonyl (C=O) groups excluding carboxylic acids is 1. The smallest absolute Gasteiger partial charge is 0.221 e. The quantitative estimate of drug-likeness (QED) is 0.813. The predicted molar refractivity (Wildman–Crippen MR) is 75.5 cm³/mol. The third-order valence-corrected chi connectivity index (χ3v) is 5.02. The molecule has 3 aliphatic heterocycles. The summed E-state index contributed by atoms with van der Waals surface area (Å²) in [6.07, 6.45) is 3.89. The van der Waals surface area contributed by atoms with Crippen molar-refractivity contribution in [2.45, 2.75) is 50.7 Å². The number of nitrogens with zero attached hydrogens (tertiary/aromatic N) is 1. The van der Waals surface area contributed by atoms with Gasteiger partial charge in [0.05, 0.1) is 13.2 Å². The van der Waals surface area contributed by atoms with Crippen molar-refractivity contribution in [3.05, 3.63) is 0 Å². The molecule has 0 aromatic rings. The first-order valence-corrected chi connectivity index (χ1v) is 7.94. The Bertz CT molecular complexity index is 344. The second-order valence-electron chi connectivity index (χ2n) is 6.38. The highest BCUT2D eigenvalue weighted by molar-refractivity contribution is 5.77. The topological polar surface area (TPSA) is 50.8 Å². The van der Waals surface area contributed by atoms with Gasteiger partial charge in [0, 0.05) is 44.3 Å². The number of nitrogens with one attached hydrogen (secondary N) is 1. The second kappa shape index (κ2) is 6.41. The second-order valence-corrected chi connectivity index (χ2v) is 6.38. The number of amides is 1. The minimum absolute atomic E-state index is 0.219. The maximum Gasteiger partial charge on any atom is 0.221 e. The van der Waals surface area contributed by atoms with Crippen LogP contribution in [0.1, 0.15) is 32.6 Å². The van der Waals surface area contributed by atoms with Gasteiger partial charge in [-0.05, 0) is 32.1 Å². The van der Waals surface area contributed by atoms with Crippen molar-refractivity contribution >= 4 is 5.91 Å². The van der Waals surface area contributed by atoms with Crippen molar-refractivity contribution in [2.24, 2.45) is 5.92 Å². The summed E-state index contributed by atoms with van der Waals surface area (Å²) in [5, 5.41) is 3.22. The fraction of sp³-hybridized carbons (Fsp3) is 0.933. The first kappa shape index (κ1) is 14.3. The number of hydrogen-bond donors (Lipinski definition) is 1. The van der Waals surface area contributed by atoms with Crippen molar-refractivity contribution in [3.63, 3.8) is 0 Å². The van der Waals surface area contributed by atoms with E-state index in [2.05, 4.69) is 17.1 Å². The minimum atomic E-state index is 0.219. The summed E-state index contributed by atoms with van der Waals surface area (Å²) in [4.78, 5) is 14.6. The van der Waals surface area contributed by atoms with Crippen LogP contribution in [0.3, 0.4) is 0 Å². The van der Waals surface area contributed by atoms with E-state index in [0.717, 1.165) is 52.2 Å². The Labute approximate surface area is 121 Å². The molecule has 0 bridgehead atoms. The summed E-state index contributed by atoms with van der Waals surface area (Å²) in [5.41, 5.74) is 0. The van der Waals surface area contributed by atoms with Crippen molar-refractivity contribution < 1.29 is 14.3 Å². The van der Waals surface area contributed by atoms with Crippen LogP contribution in [0, 0.1) is 5.92 Å². The zero-order valence-electron chi connectivity index (χ0n) is 12.3. The van der Waals surface area contributed by atoms with Crippen LogP contribution in [0.4, 0.5) is 0 Å². The van der Waals surface area contributed by atoms with Gasteiger partial charge in [-0.15, -0.1) is 0 Å². The summed E-state index contributed by atoms with van der Waals surface area (Å²) in [7, 11) is 0. The number of piperidine rings is 1. The number of hydrogen-bond acceptors (Lipinski definition) is 4. The maximum atomic E-state index is 12.1. The monoisotopic (exact) mass is 282 g/mol. The maximum absolute atomic E-state index is 12.1. The number of morpholine rings is 1. The van der Waals surface area contributed by atoms with E-state index in [9.17, 15) is 4.79 Å². The SMILES string of the molecule is CC1COCCN1C1CC(=O)NC(C2CCOCC2)C1. The molecule has 3 aliphatic rings. The summed E-state index contributed by atoms with van der Waals surface area (Å²) < 4.78 is 11.0. The summed E-state index contributed by atoms with van der Waals surface area (Å²) in [6, 6.07) is 1.14. The highest BCUT2D eigenvalue weighted by atomic mass is 16.5. The Balaban J connectivity index is 1.64. The van der Waals surface area contributed by atoms with E-state index in [1.807, 2.05) is 0 Å². The molecule has 0 aliphatic carbocycles. The molecular weight excluding hydrogens is 256 g/mol. The van der Waals surface area contributed by atoms with Gasteiger partial charge in [-0.1, -0.05) is 0 Å². The third kappa shape index (κ3) is 3.15. The summed E-state index contributed by atoms with van der Waals surface area (Å²) in [5.74, 6) is 0.809. The lowest BCUT2D eigenvalue weighted by Crippen LogP contribution is -2.57. The van der Waals surface area contributed by atoms with Crippen LogP contribution in [0.2, 0.25) is 0 Å². The molecule has 3 unspecified atom stereocenters. The average molecular weight is 282 g/mol. The Kier molecular flexibility index (Phi) is 4.58. The molecule has 1 N–H and O–H groups in total. The van der Waals surface area contributed by atoms with Crippen molar-refractivity contribution in [1.29, 1.82) is 0 Å². The van der Waals surface area contributed by atoms with Crippen LogP contribution in [0.15, 0.2) is 0 Å². The normalized spacial score (nSPS) is 37.6. The number of ether oxygens (including phenoxy) is 2. The average Bonchev–Trinajstić information content (AvgIpc) is 2.48. The van der Waals surface area contributed by atoms with Gasteiger partial charge in [-0.3, -0.25) is 9.69 Å². The standard InChI is InChI=1S/C15H26N2O3/c1-11-10-20-7-4-17(11)13-8-14(16-15(18)9-13)12-2-5-19-6-3-12/h11-14H,2-10H2,1H3,(H,16,18). The summed E-state index contributed by atoms with van der Waals surface area (Å²) >= 11 is 0. The Morgan fingerprint density at radius 2 is 2.00 bits per heavy atom. The van der Waals surface area contributed by atoms with E-state index >= 15 is 0 Å². The van der Waals surface area contributed by atoms with E-state index in [4.69, 9.17) is 9.47 Å². The lowest BCUT2D eigenvalue weighted by molar-refractivity contribution is -0.128. The van der Waals surface area contributed by atoms with E-state index < -0.39 is 0 Å². The van der Waals surface area contributed by atoms with Crippen LogP contribution in [-0.4, -0.2) is 61.9 Å². The zero-order chi connectivity index (χ0) is 13.9. The van der Waals surface area contributed by atoms with E-state index in [1.54, 1.807) is 0 Å². The molecular formula is C15H26N2O3. The fourth-order valence-electron chi connectivity index (χ4n) is 3.88. The molecule has 5 heteroatoms. The van der Waals surface area contributed by atoms with Crippen LogP contribution in [0.5, 0.6) is 0 Å². The Morgan fingerprint density at radius 3 is 2.75 bits per heavy atom. The van der Waals surface area contributed by atoms with Crippen molar-refractivity contribution in [1.82, 2.24) is 10.2 Å². The van der Waals surface area contributed by atoms with Crippen LogP contribution in [0.25, 0.3) is 0 Å². The molecule has 1 amide bonds. The van der Waals surface area contributed by atoms with Crippen LogP contribution >= 0.6 is 0 Å². The van der Waals surface area contributed by atoms with Gasteiger partial charge in [0.2, 0.25) is 5.91 Å². The highest BCUT2D eigenvalue weighted by Gasteiger charge is 2.37. The molecule has 0 radical (unpaired) electrons. The summed E-state index contributed by atoms with van der Waals surface area (Å²) in [6.45, 7) is 6.44. The minimum Gasteiger partial charge on any atom is -0.381 e. The molecule has 20 heavy (non-hydrogen) atoms. The van der Waals surface area contributed by atoms with E-state index in [0.29, 0.717) is 30.5 Å². The Morgan fingerprint density at radius 1 is 1.20 bits per heavy atom. The molecule has 114 valence electrons. The molecule has 0 saturated carbocycles. The molecule has 0 aromatic heterocycles. The molecule has 3 fully saturated rings. The van der Waals surface area contributed by atoms with Gasteiger partial charge in [0.25, 0.3) is 0 Å². The van der Waals surface area contributed by atoms with Crippen LogP contribution in [-0.2, 0) is 14.3 Å². The van der Waals surface area contributed by atoms with Gasteiger partial charge >= 0.3 is 0 Å².